The summed E-state index contributed by atoms with van der Waals surface area (Å²) in [6.45, 7) is 0.904. The number of carbonyl (C=O) groups excluding carboxylic acids is 1. The van der Waals surface area contributed by atoms with Crippen molar-refractivity contribution in [2.24, 2.45) is 0 Å². The first kappa shape index (κ1) is 24.0. The van der Waals surface area contributed by atoms with Gasteiger partial charge in [0.15, 0.2) is 5.16 Å². The van der Waals surface area contributed by atoms with Crippen molar-refractivity contribution in [3.8, 4) is 0 Å². The van der Waals surface area contributed by atoms with Crippen LogP contribution >= 0.6 is 23.4 Å². The number of amides is 1. The predicted molar refractivity (Wildman–Crippen MR) is 142 cm³/mol. The normalized spacial score (nSPS) is 11.1. The second kappa shape index (κ2) is 10.9. The molecule has 0 atom stereocenters. The summed E-state index contributed by atoms with van der Waals surface area (Å²) >= 11 is 7.60. The van der Waals surface area contributed by atoms with Crippen LogP contribution in [0.1, 0.15) is 27.0 Å². The number of rotatable bonds is 8. The van der Waals surface area contributed by atoms with Crippen molar-refractivity contribution in [2.75, 3.05) is 0 Å². The second-order valence-corrected chi connectivity index (χ2v) is 9.65. The van der Waals surface area contributed by atoms with Crippen LogP contribution in [0.5, 0.6) is 0 Å². The van der Waals surface area contributed by atoms with E-state index < -0.39 is 0 Å². The molecule has 5 aromatic rings. The Morgan fingerprint density at radius 1 is 0.972 bits per heavy atom. The maximum Gasteiger partial charge on any atom is 0.251 e. The Bertz CT molecular complexity index is 1520. The maximum atomic E-state index is 13.7. The molecule has 2 heterocycles. The molecule has 0 aliphatic carbocycles. The Labute approximate surface area is 217 Å². The Kier molecular flexibility index (Phi) is 7.30. The molecule has 1 N–H and O–H groups in total. The number of pyridine rings is 1. The molecule has 180 valence electrons. The number of hydrogen-bond acceptors (Lipinski definition) is 4. The average Bonchev–Trinajstić information content (AvgIpc) is 3.23. The lowest BCUT2D eigenvalue weighted by Gasteiger charge is -2.10. The van der Waals surface area contributed by atoms with E-state index in [4.69, 9.17) is 16.6 Å². The van der Waals surface area contributed by atoms with Crippen LogP contribution in [-0.2, 0) is 18.8 Å². The zero-order valence-electron chi connectivity index (χ0n) is 19.2. The summed E-state index contributed by atoms with van der Waals surface area (Å²) in [5.41, 5.74) is 5.20. The topological polar surface area (TPSA) is 59.8 Å². The monoisotopic (exact) mass is 516 g/mol. The van der Waals surface area contributed by atoms with Crippen LogP contribution in [0.25, 0.3) is 11.0 Å². The quantitative estimate of drug-likeness (QED) is 0.239. The molecule has 0 radical (unpaired) electrons. The number of halogens is 2. The Hall–Kier alpha value is -3.68. The van der Waals surface area contributed by atoms with Crippen LogP contribution in [-0.4, -0.2) is 20.4 Å². The van der Waals surface area contributed by atoms with Crippen LogP contribution in [0.3, 0.4) is 0 Å². The SMILES string of the molecule is O=C(NCc1cccc(Cl)c1)c1ccc(CSc2nc3ccncc3n2Cc2cccc(F)c2)cc1. The van der Waals surface area contributed by atoms with Gasteiger partial charge in [0.25, 0.3) is 5.91 Å². The lowest BCUT2D eigenvalue weighted by atomic mass is 10.1. The highest BCUT2D eigenvalue weighted by Gasteiger charge is 2.13. The molecule has 0 saturated carbocycles. The number of imidazole rings is 1. The second-order valence-electron chi connectivity index (χ2n) is 8.27. The number of nitrogens with zero attached hydrogens (tertiary/aromatic N) is 3. The number of hydrogen-bond donors (Lipinski definition) is 1. The molecule has 0 fully saturated rings. The van der Waals surface area contributed by atoms with Crippen LogP contribution in [0, 0.1) is 5.82 Å². The summed E-state index contributed by atoms with van der Waals surface area (Å²) in [6, 6.07) is 23.4. The van der Waals surface area contributed by atoms with E-state index in [1.165, 1.54) is 12.1 Å². The van der Waals surface area contributed by atoms with Gasteiger partial charge in [-0.2, -0.15) is 0 Å². The van der Waals surface area contributed by atoms with Gasteiger partial charge in [-0.1, -0.05) is 59.8 Å². The fourth-order valence-electron chi connectivity index (χ4n) is 3.86. The summed E-state index contributed by atoms with van der Waals surface area (Å²) in [5, 5.41) is 4.39. The van der Waals surface area contributed by atoms with E-state index >= 15 is 0 Å². The minimum Gasteiger partial charge on any atom is -0.348 e. The van der Waals surface area contributed by atoms with Gasteiger partial charge >= 0.3 is 0 Å². The number of aromatic nitrogens is 3. The van der Waals surface area contributed by atoms with E-state index in [-0.39, 0.29) is 11.7 Å². The lowest BCUT2D eigenvalue weighted by Crippen LogP contribution is -2.22. The molecule has 0 unspecified atom stereocenters. The summed E-state index contributed by atoms with van der Waals surface area (Å²) in [5.74, 6) is 0.268. The van der Waals surface area contributed by atoms with Crippen molar-refractivity contribution in [1.29, 1.82) is 0 Å². The molecule has 36 heavy (non-hydrogen) atoms. The zero-order valence-corrected chi connectivity index (χ0v) is 20.8. The molecule has 0 spiro atoms. The van der Waals surface area contributed by atoms with E-state index in [1.54, 1.807) is 36.3 Å². The minimum atomic E-state index is -0.263. The third kappa shape index (κ3) is 5.75. The van der Waals surface area contributed by atoms with E-state index in [2.05, 4.69) is 14.9 Å². The predicted octanol–water partition coefficient (Wildman–Crippen LogP) is 6.49. The van der Waals surface area contributed by atoms with Gasteiger partial charge in [-0.3, -0.25) is 9.78 Å². The van der Waals surface area contributed by atoms with Crippen molar-refractivity contribution in [3.63, 3.8) is 0 Å². The summed E-state index contributed by atoms with van der Waals surface area (Å²) in [4.78, 5) is 21.6. The zero-order chi connectivity index (χ0) is 24.9. The largest absolute Gasteiger partial charge is 0.348 e. The molecular weight excluding hydrogens is 495 g/mol. The molecule has 2 aromatic heterocycles. The Morgan fingerprint density at radius 2 is 1.78 bits per heavy atom. The van der Waals surface area contributed by atoms with Gasteiger partial charge in [0, 0.05) is 29.1 Å². The smallest absolute Gasteiger partial charge is 0.251 e. The standard InChI is InChI=1S/C28H22ClFN4OS/c29-23-5-1-3-20(13-23)15-32-27(35)22-9-7-19(8-10-22)18-36-28-33-25-11-12-31-16-26(25)34(28)17-21-4-2-6-24(30)14-21/h1-14,16H,15,17-18H2,(H,32,35). The first-order valence-electron chi connectivity index (χ1n) is 11.3. The molecular formula is C28H22ClFN4OS. The van der Waals surface area contributed by atoms with Crippen molar-refractivity contribution < 1.29 is 9.18 Å². The molecule has 0 aliphatic rings. The molecule has 5 nitrogen and oxygen atoms in total. The van der Waals surface area contributed by atoms with E-state index in [0.29, 0.717) is 29.4 Å². The fourth-order valence-corrected chi connectivity index (χ4v) is 5.04. The summed E-state index contributed by atoms with van der Waals surface area (Å²) in [7, 11) is 0. The highest BCUT2D eigenvalue weighted by atomic mass is 35.5. The summed E-state index contributed by atoms with van der Waals surface area (Å²) in [6.07, 6.45) is 3.49. The van der Waals surface area contributed by atoms with E-state index in [0.717, 1.165) is 32.9 Å². The Morgan fingerprint density at radius 3 is 2.58 bits per heavy atom. The highest BCUT2D eigenvalue weighted by Crippen LogP contribution is 2.27. The average molecular weight is 517 g/mol. The van der Waals surface area contributed by atoms with Gasteiger partial charge in [0.1, 0.15) is 5.82 Å². The number of benzene rings is 3. The van der Waals surface area contributed by atoms with Gasteiger partial charge in [0.05, 0.1) is 23.8 Å². The molecule has 0 bridgehead atoms. The number of fused-ring (bicyclic) bond motifs is 1. The van der Waals surface area contributed by atoms with Crippen LogP contribution in [0.2, 0.25) is 5.02 Å². The van der Waals surface area contributed by atoms with Gasteiger partial charge in [-0.25, -0.2) is 9.37 Å². The summed E-state index contributed by atoms with van der Waals surface area (Å²) < 4.78 is 15.8. The van der Waals surface area contributed by atoms with Crippen LogP contribution in [0.4, 0.5) is 4.39 Å². The van der Waals surface area contributed by atoms with Crippen LogP contribution < -0.4 is 5.32 Å². The van der Waals surface area contributed by atoms with Crippen molar-refractivity contribution in [3.05, 3.63) is 124 Å². The van der Waals surface area contributed by atoms with Crippen molar-refractivity contribution >= 4 is 40.3 Å². The first-order chi connectivity index (χ1) is 17.5. The van der Waals surface area contributed by atoms with Gasteiger partial charge < -0.3 is 9.88 Å². The first-order valence-corrected chi connectivity index (χ1v) is 12.7. The fraction of sp³-hybridized carbons (Fsp3) is 0.107. The molecule has 3 aromatic carbocycles. The molecule has 0 saturated heterocycles. The van der Waals surface area contributed by atoms with E-state index in [1.807, 2.05) is 54.6 Å². The number of carbonyl (C=O) groups is 1. The molecule has 8 heteroatoms. The number of nitrogens with one attached hydrogen (secondary N) is 1. The lowest BCUT2D eigenvalue weighted by molar-refractivity contribution is 0.0951. The van der Waals surface area contributed by atoms with Gasteiger partial charge in [-0.15, -0.1) is 0 Å². The highest BCUT2D eigenvalue weighted by molar-refractivity contribution is 7.98. The van der Waals surface area contributed by atoms with Crippen molar-refractivity contribution in [2.45, 2.75) is 24.0 Å². The molecule has 1 amide bonds. The maximum absolute atomic E-state index is 13.7. The Balaban J connectivity index is 1.26. The van der Waals surface area contributed by atoms with Gasteiger partial charge in [-0.05, 0) is 59.2 Å². The van der Waals surface area contributed by atoms with Crippen LogP contribution in [0.15, 0.2) is 96.4 Å². The third-order valence-electron chi connectivity index (χ3n) is 5.67. The third-order valence-corrected chi connectivity index (χ3v) is 6.95. The number of thioether (sulfide) groups is 1. The van der Waals surface area contributed by atoms with E-state index in [9.17, 15) is 9.18 Å². The molecule has 5 rings (SSSR count). The van der Waals surface area contributed by atoms with Gasteiger partial charge in [0.2, 0.25) is 0 Å². The van der Waals surface area contributed by atoms with Crippen molar-refractivity contribution in [1.82, 2.24) is 19.9 Å². The minimum absolute atomic E-state index is 0.140. The molecule has 0 aliphatic heterocycles.